The van der Waals surface area contributed by atoms with Gasteiger partial charge in [0, 0.05) is 50.2 Å². The summed E-state index contributed by atoms with van der Waals surface area (Å²) in [4.78, 5) is 15.0. The third-order valence-corrected chi connectivity index (χ3v) is 7.67. The Kier molecular flexibility index (Phi) is 6.16. The number of carbonyl (C=O) groups is 1. The predicted octanol–water partition coefficient (Wildman–Crippen LogP) is 2.15. The summed E-state index contributed by atoms with van der Waals surface area (Å²) >= 11 is 0. The average molecular weight is 420 g/mol. The van der Waals surface area contributed by atoms with Crippen LogP contribution >= 0.6 is 0 Å². The highest BCUT2D eigenvalue weighted by Gasteiger charge is 2.30. The van der Waals surface area contributed by atoms with E-state index in [0.717, 1.165) is 22.5 Å². The molecule has 0 radical (unpaired) electrons. The molecule has 158 valence electrons. The molecule has 3 rings (SSSR count). The molecule has 0 aliphatic carbocycles. The summed E-state index contributed by atoms with van der Waals surface area (Å²) in [5.74, 6) is 0.743. The zero-order valence-corrected chi connectivity index (χ0v) is 18.5. The third-order valence-electron chi connectivity index (χ3n) is 5.78. The van der Waals surface area contributed by atoms with E-state index >= 15 is 0 Å². The normalized spacial score (nSPS) is 16.2. The minimum Gasteiger partial charge on any atom is -0.496 e. The van der Waals surface area contributed by atoms with Gasteiger partial charge in [0.15, 0.2) is 5.78 Å². The van der Waals surface area contributed by atoms with Gasteiger partial charge in [0.1, 0.15) is 5.75 Å². The van der Waals surface area contributed by atoms with Crippen LogP contribution in [0.25, 0.3) is 0 Å². The molecule has 1 saturated heterocycles. The largest absolute Gasteiger partial charge is 0.496 e. The first kappa shape index (κ1) is 21.5. The van der Waals surface area contributed by atoms with Crippen LogP contribution in [0.2, 0.25) is 0 Å². The smallest absolute Gasteiger partial charge is 0.243 e. The van der Waals surface area contributed by atoms with E-state index in [9.17, 15) is 13.2 Å². The molecule has 0 saturated carbocycles. The number of methoxy groups -OCH3 is 1. The Morgan fingerprint density at radius 2 is 1.72 bits per heavy atom. The van der Waals surface area contributed by atoms with Crippen LogP contribution in [0.3, 0.4) is 0 Å². The SMILES string of the molecule is COc1ccc(S(=O)(=O)N2CCN(CC(=O)c3cc(C)n(C)c3C)CC2)cc1C. The first-order valence-corrected chi connectivity index (χ1v) is 11.1. The maximum atomic E-state index is 13.0. The molecule has 0 amide bonds. The number of hydrogen-bond acceptors (Lipinski definition) is 5. The van der Waals surface area contributed by atoms with Crippen molar-refractivity contribution >= 4 is 15.8 Å². The van der Waals surface area contributed by atoms with Crippen molar-refractivity contribution in [3.63, 3.8) is 0 Å². The second kappa shape index (κ2) is 8.30. The van der Waals surface area contributed by atoms with Crippen LogP contribution in [0.15, 0.2) is 29.2 Å². The number of rotatable bonds is 6. The lowest BCUT2D eigenvalue weighted by Gasteiger charge is -2.33. The van der Waals surface area contributed by atoms with E-state index in [1.807, 2.05) is 43.4 Å². The number of aryl methyl sites for hydroxylation is 2. The maximum Gasteiger partial charge on any atom is 0.243 e. The molecule has 0 N–H and O–H groups in total. The van der Waals surface area contributed by atoms with Gasteiger partial charge in [0.2, 0.25) is 10.0 Å². The van der Waals surface area contributed by atoms with Crippen molar-refractivity contribution in [3.8, 4) is 5.75 Å². The molecule has 1 aliphatic rings. The summed E-state index contributed by atoms with van der Waals surface area (Å²) in [6.45, 7) is 7.86. The Labute approximate surface area is 172 Å². The molecule has 0 atom stereocenters. The summed E-state index contributed by atoms with van der Waals surface area (Å²) in [5.41, 5.74) is 3.54. The van der Waals surface area contributed by atoms with Crippen molar-refractivity contribution in [2.75, 3.05) is 39.8 Å². The van der Waals surface area contributed by atoms with Gasteiger partial charge in [-0.05, 0) is 50.6 Å². The lowest BCUT2D eigenvalue weighted by Crippen LogP contribution is -2.49. The van der Waals surface area contributed by atoms with Crippen molar-refractivity contribution in [3.05, 3.63) is 46.8 Å². The quantitative estimate of drug-likeness (QED) is 0.671. The molecule has 29 heavy (non-hydrogen) atoms. The first-order chi connectivity index (χ1) is 13.6. The number of ether oxygens (including phenoxy) is 1. The molecular formula is C21H29N3O4S. The summed E-state index contributed by atoms with van der Waals surface area (Å²) < 4.78 is 34.7. The summed E-state index contributed by atoms with van der Waals surface area (Å²) in [6.07, 6.45) is 0. The van der Waals surface area contributed by atoms with Crippen molar-refractivity contribution in [2.45, 2.75) is 25.7 Å². The van der Waals surface area contributed by atoms with Gasteiger partial charge in [-0.1, -0.05) is 0 Å². The number of hydrogen-bond donors (Lipinski definition) is 0. The Bertz CT molecular complexity index is 1020. The zero-order chi connectivity index (χ0) is 21.3. The standard InChI is InChI=1S/C21H29N3O4S/c1-15-12-18(6-7-21(15)28-5)29(26,27)24-10-8-23(9-11-24)14-20(25)19-13-16(2)22(4)17(19)3/h6-7,12-13H,8-11,14H2,1-5H3. The second-order valence-electron chi connectivity index (χ2n) is 7.58. The van der Waals surface area contributed by atoms with Crippen LogP contribution in [0.4, 0.5) is 0 Å². The van der Waals surface area contributed by atoms with E-state index in [0.29, 0.717) is 38.5 Å². The lowest BCUT2D eigenvalue weighted by molar-refractivity contribution is 0.0901. The van der Waals surface area contributed by atoms with Crippen LogP contribution in [0.1, 0.15) is 27.3 Å². The molecule has 1 fully saturated rings. The molecule has 1 aliphatic heterocycles. The van der Waals surface area contributed by atoms with E-state index in [-0.39, 0.29) is 10.7 Å². The number of carbonyl (C=O) groups excluding carboxylic acids is 1. The highest BCUT2D eigenvalue weighted by Crippen LogP contribution is 2.24. The van der Waals surface area contributed by atoms with Gasteiger partial charge in [-0.2, -0.15) is 4.31 Å². The van der Waals surface area contributed by atoms with Crippen molar-refractivity contribution in [2.24, 2.45) is 7.05 Å². The van der Waals surface area contributed by atoms with Gasteiger partial charge >= 0.3 is 0 Å². The van der Waals surface area contributed by atoms with Crippen LogP contribution in [-0.2, 0) is 17.1 Å². The van der Waals surface area contributed by atoms with E-state index in [2.05, 4.69) is 0 Å². The number of ketones is 1. The third kappa shape index (κ3) is 4.24. The van der Waals surface area contributed by atoms with Crippen LogP contribution in [0.5, 0.6) is 5.75 Å². The highest BCUT2D eigenvalue weighted by molar-refractivity contribution is 7.89. The van der Waals surface area contributed by atoms with E-state index < -0.39 is 10.0 Å². The molecule has 0 bridgehead atoms. The predicted molar refractivity (Wildman–Crippen MR) is 112 cm³/mol. The van der Waals surface area contributed by atoms with Gasteiger partial charge in [-0.15, -0.1) is 0 Å². The number of nitrogens with zero attached hydrogens (tertiary/aromatic N) is 3. The summed E-state index contributed by atoms with van der Waals surface area (Å²) in [5, 5.41) is 0. The minimum absolute atomic E-state index is 0.0771. The van der Waals surface area contributed by atoms with Crippen molar-refractivity contribution in [1.29, 1.82) is 0 Å². The fourth-order valence-corrected chi connectivity index (χ4v) is 5.22. The molecule has 8 heteroatoms. The number of benzene rings is 1. The fraction of sp³-hybridized carbons (Fsp3) is 0.476. The first-order valence-electron chi connectivity index (χ1n) is 9.68. The topological polar surface area (TPSA) is 71.9 Å². The van der Waals surface area contributed by atoms with Crippen LogP contribution in [0, 0.1) is 20.8 Å². The fourth-order valence-electron chi connectivity index (χ4n) is 3.71. The van der Waals surface area contributed by atoms with Crippen LogP contribution < -0.4 is 4.74 Å². The Morgan fingerprint density at radius 1 is 1.07 bits per heavy atom. The van der Waals surface area contributed by atoms with E-state index in [1.54, 1.807) is 25.3 Å². The average Bonchev–Trinajstić information content (AvgIpc) is 2.95. The van der Waals surface area contributed by atoms with Gasteiger partial charge in [0.25, 0.3) is 0 Å². The van der Waals surface area contributed by atoms with Crippen molar-refractivity contribution < 1.29 is 17.9 Å². The van der Waals surface area contributed by atoms with E-state index in [4.69, 9.17) is 4.74 Å². The lowest BCUT2D eigenvalue weighted by atomic mass is 10.1. The van der Waals surface area contributed by atoms with Crippen LogP contribution in [-0.4, -0.2) is 67.8 Å². The number of piperazine rings is 1. The van der Waals surface area contributed by atoms with Gasteiger partial charge in [0.05, 0.1) is 18.6 Å². The molecule has 0 unspecified atom stereocenters. The maximum absolute atomic E-state index is 13.0. The van der Waals surface area contributed by atoms with Gasteiger partial charge < -0.3 is 9.30 Å². The molecule has 1 aromatic carbocycles. The molecule has 0 spiro atoms. The molecule has 1 aromatic heterocycles. The van der Waals surface area contributed by atoms with Crippen molar-refractivity contribution in [1.82, 2.24) is 13.8 Å². The van der Waals surface area contributed by atoms with E-state index in [1.165, 1.54) is 4.31 Å². The Balaban J connectivity index is 1.64. The second-order valence-corrected chi connectivity index (χ2v) is 9.52. The van der Waals surface area contributed by atoms with Gasteiger partial charge in [-0.25, -0.2) is 8.42 Å². The molecule has 7 nitrogen and oxygen atoms in total. The highest BCUT2D eigenvalue weighted by atomic mass is 32.2. The molecular weight excluding hydrogens is 390 g/mol. The Morgan fingerprint density at radius 3 is 2.24 bits per heavy atom. The summed E-state index contributed by atoms with van der Waals surface area (Å²) in [6, 6.07) is 6.83. The number of sulfonamides is 1. The number of Topliss-reactive ketones (excluding diaryl/α,β-unsaturated/α-hetero) is 1. The zero-order valence-electron chi connectivity index (χ0n) is 17.7. The Hall–Kier alpha value is -2.16. The van der Waals surface area contributed by atoms with Gasteiger partial charge in [-0.3, -0.25) is 9.69 Å². The minimum atomic E-state index is -3.56. The molecule has 2 heterocycles. The molecule has 2 aromatic rings. The monoisotopic (exact) mass is 419 g/mol. The number of aromatic nitrogens is 1. The summed E-state index contributed by atoms with van der Waals surface area (Å²) in [7, 11) is -0.0446.